The fourth-order valence-electron chi connectivity index (χ4n) is 1.34. The van der Waals surface area contributed by atoms with Crippen LogP contribution in [-0.2, 0) is 4.79 Å². The van der Waals surface area contributed by atoms with Crippen molar-refractivity contribution in [2.45, 2.75) is 6.18 Å². The van der Waals surface area contributed by atoms with Gasteiger partial charge >= 0.3 is 6.18 Å². The second-order valence-corrected chi connectivity index (χ2v) is 4.52. The van der Waals surface area contributed by atoms with Crippen molar-refractivity contribution >= 4 is 23.4 Å². The number of halogens is 4. The van der Waals surface area contributed by atoms with E-state index < -0.39 is 31.1 Å². The van der Waals surface area contributed by atoms with Gasteiger partial charge < -0.3 is 14.2 Å². The van der Waals surface area contributed by atoms with Gasteiger partial charge in [0.25, 0.3) is 5.91 Å². The quantitative estimate of drug-likeness (QED) is 0.855. The van der Waals surface area contributed by atoms with Crippen molar-refractivity contribution in [2.24, 2.45) is 0 Å². The minimum absolute atomic E-state index is 0.220. The van der Waals surface area contributed by atoms with Crippen molar-refractivity contribution in [2.75, 3.05) is 27.2 Å². The van der Waals surface area contributed by atoms with Gasteiger partial charge in [0.2, 0.25) is 11.1 Å². The molecule has 0 saturated heterocycles. The van der Waals surface area contributed by atoms with Gasteiger partial charge in [0.05, 0.1) is 11.8 Å². The maximum absolute atomic E-state index is 12.5. The first kappa shape index (κ1) is 16.4. The van der Waals surface area contributed by atoms with Crippen molar-refractivity contribution in [3.63, 3.8) is 0 Å². The Bertz CT molecular complexity index is 499. The highest BCUT2D eigenvalue weighted by Crippen LogP contribution is 2.22. The van der Waals surface area contributed by atoms with Crippen LogP contribution in [0.5, 0.6) is 0 Å². The number of furan rings is 1. The SMILES string of the molecule is CN(C)C(=O)CN(CC(F)(F)F)C(=O)c1ccoc1Cl. The molecule has 0 atom stereocenters. The zero-order valence-corrected chi connectivity index (χ0v) is 11.5. The van der Waals surface area contributed by atoms with Gasteiger partial charge in [-0.1, -0.05) is 0 Å². The lowest BCUT2D eigenvalue weighted by Gasteiger charge is -2.24. The summed E-state index contributed by atoms with van der Waals surface area (Å²) < 4.78 is 42.1. The summed E-state index contributed by atoms with van der Waals surface area (Å²) in [6.45, 7) is -2.25. The van der Waals surface area contributed by atoms with E-state index in [2.05, 4.69) is 4.42 Å². The number of alkyl halides is 3. The molecule has 1 aromatic rings. The monoisotopic (exact) mass is 312 g/mol. The molecule has 112 valence electrons. The minimum atomic E-state index is -4.63. The molecule has 5 nitrogen and oxygen atoms in total. The number of carbonyl (C=O) groups is 2. The summed E-state index contributed by atoms with van der Waals surface area (Å²) in [5.74, 6) is -1.65. The number of rotatable bonds is 4. The maximum atomic E-state index is 12.5. The summed E-state index contributed by atoms with van der Waals surface area (Å²) in [5, 5.41) is -0.320. The highest BCUT2D eigenvalue weighted by molar-refractivity contribution is 6.32. The average Bonchev–Trinajstić information content (AvgIpc) is 2.71. The fourth-order valence-corrected chi connectivity index (χ4v) is 1.53. The molecule has 0 N–H and O–H groups in total. The summed E-state index contributed by atoms with van der Waals surface area (Å²) in [4.78, 5) is 24.9. The summed E-state index contributed by atoms with van der Waals surface area (Å²) in [6, 6.07) is 1.15. The lowest BCUT2D eigenvalue weighted by Crippen LogP contribution is -2.44. The third kappa shape index (κ3) is 4.44. The van der Waals surface area contributed by atoms with Crippen LogP contribution in [0.4, 0.5) is 13.2 Å². The highest BCUT2D eigenvalue weighted by Gasteiger charge is 2.35. The molecule has 0 bridgehead atoms. The Balaban J connectivity index is 2.95. The first-order chi connectivity index (χ1) is 9.11. The van der Waals surface area contributed by atoms with Crippen molar-refractivity contribution in [1.82, 2.24) is 9.80 Å². The van der Waals surface area contributed by atoms with E-state index in [9.17, 15) is 22.8 Å². The summed E-state index contributed by atoms with van der Waals surface area (Å²) in [5.41, 5.74) is -0.220. The number of hydrogen-bond donors (Lipinski definition) is 0. The molecule has 0 spiro atoms. The molecule has 0 radical (unpaired) electrons. The average molecular weight is 313 g/mol. The fraction of sp³-hybridized carbons (Fsp3) is 0.455. The number of nitrogens with zero attached hydrogens (tertiary/aromatic N) is 2. The maximum Gasteiger partial charge on any atom is 0.406 e. The van der Waals surface area contributed by atoms with Crippen LogP contribution >= 0.6 is 11.6 Å². The van der Waals surface area contributed by atoms with Crippen molar-refractivity contribution < 1.29 is 27.2 Å². The molecule has 0 aliphatic heterocycles. The lowest BCUT2D eigenvalue weighted by molar-refractivity contribution is -0.146. The van der Waals surface area contributed by atoms with Gasteiger partial charge in [-0.3, -0.25) is 9.59 Å². The molecule has 0 fully saturated rings. The number of carbonyl (C=O) groups excluding carboxylic acids is 2. The first-order valence-electron chi connectivity index (χ1n) is 5.41. The van der Waals surface area contributed by atoms with Crippen LogP contribution in [-0.4, -0.2) is 55.0 Å². The van der Waals surface area contributed by atoms with Crippen LogP contribution in [0.3, 0.4) is 0 Å². The van der Waals surface area contributed by atoms with E-state index >= 15 is 0 Å². The molecule has 0 aromatic carbocycles. The molecule has 0 aliphatic rings. The van der Waals surface area contributed by atoms with Crippen LogP contribution in [0.25, 0.3) is 0 Å². The van der Waals surface area contributed by atoms with Crippen molar-refractivity contribution in [1.29, 1.82) is 0 Å². The minimum Gasteiger partial charge on any atom is -0.452 e. The van der Waals surface area contributed by atoms with Crippen LogP contribution in [0.15, 0.2) is 16.7 Å². The van der Waals surface area contributed by atoms with Crippen LogP contribution in [0.1, 0.15) is 10.4 Å². The van der Waals surface area contributed by atoms with Crippen LogP contribution in [0.2, 0.25) is 5.22 Å². The predicted octanol–water partition coefficient (Wildman–Crippen LogP) is 2.03. The Hall–Kier alpha value is -1.70. The van der Waals surface area contributed by atoms with Crippen LogP contribution < -0.4 is 0 Å². The zero-order chi connectivity index (χ0) is 15.5. The molecule has 1 aromatic heterocycles. The van der Waals surface area contributed by atoms with Crippen LogP contribution in [0, 0.1) is 0 Å². The van der Waals surface area contributed by atoms with E-state index in [-0.39, 0.29) is 10.8 Å². The number of likely N-dealkylation sites (N-methyl/N-ethyl adjacent to an activating group) is 1. The second kappa shape index (κ2) is 6.17. The normalized spacial score (nSPS) is 11.3. The smallest absolute Gasteiger partial charge is 0.406 e. The molecule has 2 amide bonds. The Labute approximate surface area is 117 Å². The standard InChI is InChI=1S/C11H12ClF3N2O3/c1-16(2)8(18)5-17(6-11(13,14)15)10(19)7-3-4-20-9(7)12/h3-4H,5-6H2,1-2H3. The van der Waals surface area contributed by atoms with Gasteiger partial charge in [0.15, 0.2) is 0 Å². The van der Waals surface area contributed by atoms with Gasteiger partial charge in [-0.25, -0.2) is 0 Å². The van der Waals surface area contributed by atoms with E-state index in [1.165, 1.54) is 14.1 Å². The molecule has 0 aliphatic carbocycles. The van der Waals surface area contributed by atoms with Gasteiger partial charge in [-0.05, 0) is 17.7 Å². The van der Waals surface area contributed by atoms with Gasteiger partial charge in [0.1, 0.15) is 13.1 Å². The largest absolute Gasteiger partial charge is 0.452 e. The number of amides is 2. The third-order valence-electron chi connectivity index (χ3n) is 2.33. The Morgan fingerprint density at radius 1 is 1.35 bits per heavy atom. The summed E-state index contributed by atoms with van der Waals surface area (Å²) in [7, 11) is 2.76. The highest BCUT2D eigenvalue weighted by atomic mass is 35.5. The Morgan fingerprint density at radius 3 is 2.35 bits per heavy atom. The van der Waals surface area contributed by atoms with Gasteiger partial charge in [-0.15, -0.1) is 0 Å². The van der Waals surface area contributed by atoms with E-state index in [0.29, 0.717) is 4.90 Å². The molecular formula is C11H12ClF3N2O3. The molecule has 0 saturated carbocycles. The third-order valence-corrected chi connectivity index (χ3v) is 2.62. The van der Waals surface area contributed by atoms with Gasteiger partial charge in [0, 0.05) is 14.1 Å². The Kier molecular flexibility index (Phi) is 5.04. The molecule has 9 heteroatoms. The second-order valence-electron chi connectivity index (χ2n) is 4.17. The first-order valence-corrected chi connectivity index (χ1v) is 5.79. The molecule has 0 unspecified atom stereocenters. The van der Waals surface area contributed by atoms with Gasteiger partial charge in [-0.2, -0.15) is 13.2 Å². The summed E-state index contributed by atoms with van der Waals surface area (Å²) >= 11 is 5.56. The topological polar surface area (TPSA) is 53.8 Å². The molecular weight excluding hydrogens is 301 g/mol. The predicted molar refractivity (Wildman–Crippen MR) is 64.4 cm³/mol. The Morgan fingerprint density at radius 2 is 1.95 bits per heavy atom. The van der Waals surface area contributed by atoms with E-state index in [4.69, 9.17) is 11.6 Å². The molecule has 20 heavy (non-hydrogen) atoms. The lowest BCUT2D eigenvalue weighted by atomic mass is 10.2. The summed E-state index contributed by atoms with van der Waals surface area (Å²) in [6.07, 6.45) is -3.55. The van der Waals surface area contributed by atoms with Crippen molar-refractivity contribution in [3.05, 3.63) is 23.1 Å². The van der Waals surface area contributed by atoms with E-state index in [1.54, 1.807) is 0 Å². The zero-order valence-electron chi connectivity index (χ0n) is 10.7. The molecule has 1 heterocycles. The number of hydrogen-bond acceptors (Lipinski definition) is 3. The van der Waals surface area contributed by atoms with E-state index in [1.807, 2.05) is 0 Å². The van der Waals surface area contributed by atoms with Crippen molar-refractivity contribution in [3.8, 4) is 0 Å². The van der Waals surface area contributed by atoms with E-state index in [0.717, 1.165) is 17.2 Å². The molecule has 1 rings (SSSR count).